The highest BCUT2D eigenvalue weighted by atomic mass is 35.5. The Morgan fingerprint density at radius 2 is 1.82 bits per heavy atom. The highest BCUT2D eigenvalue weighted by Gasteiger charge is 2.26. The lowest BCUT2D eigenvalue weighted by Gasteiger charge is -2.07. The Morgan fingerprint density at radius 3 is 2.41 bits per heavy atom. The molecule has 0 atom stereocenters. The van der Waals surface area contributed by atoms with Gasteiger partial charge in [0.05, 0.1) is 11.3 Å². The number of likely N-dealkylation sites (N-methyl/N-ethyl adjacent to an activating group) is 1. The topological polar surface area (TPSA) is 32.7 Å². The van der Waals surface area contributed by atoms with Crippen LogP contribution in [0, 0.1) is 6.92 Å². The molecule has 3 nitrogen and oxygen atoms in total. The van der Waals surface area contributed by atoms with E-state index in [9.17, 15) is 4.79 Å². The van der Waals surface area contributed by atoms with Crippen molar-refractivity contribution in [3.63, 3.8) is 0 Å². The van der Waals surface area contributed by atoms with E-state index in [1.165, 1.54) is 5.01 Å². The number of aryl methyl sites for hydroxylation is 2. The Hall–Kier alpha value is -1.32. The molecular formula is C17H22Cl2N2O. The van der Waals surface area contributed by atoms with E-state index in [1.54, 1.807) is 19.2 Å². The zero-order valence-corrected chi connectivity index (χ0v) is 15.2. The molecule has 0 aliphatic carbocycles. The first-order chi connectivity index (χ1) is 10.4. The van der Waals surface area contributed by atoms with Gasteiger partial charge < -0.3 is 0 Å². The Kier molecular flexibility index (Phi) is 7.11. The monoisotopic (exact) mass is 340 g/mol. The molecule has 1 aromatic rings. The standard InChI is InChI=1S/C15H16Cl2N2O.C2H6/c1-4-11-14(18-19(3)15(11)20)6-5-10-7-9(2)12(16)8-13(10)17;1-2/h4,7-8H,5-6H2,1-3H3;1-2H3/b11-4+;. The van der Waals surface area contributed by atoms with Crippen LogP contribution >= 0.6 is 23.2 Å². The molecule has 120 valence electrons. The molecule has 5 heteroatoms. The van der Waals surface area contributed by atoms with Crippen LogP contribution in [0.3, 0.4) is 0 Å². The minimum atomic E-state index is -0.0547. The number of hydrazone groups is 1. The minimum Gasteiger partial charge on any atom is -0.267 e. The molecule has 22 heavy (non-hydrogen) atoms. The van der Waals surface area contributed by atoms with Gasteiger partial charge in [-0.2, -0.15) is 5.10 Å². The van der Waals surface area contributed by atoms with Crippen LogP contribution in [0.15, 0.2) is 28.9 Å². The van der Waals surface area contributed by atoms with Gasteiger partial charge in [-0.05, 0) is 43.9 Å². The van der Waals surface area contributed by atoms with Crippen molar-refractivity contribution in [2.24, 2.45) is 5.10 Å². The van der Waals surface area contributed by atoms with Crippen LogP contribution < -0.4 is 0 Å². The summed E-state index contributed by atoms with van der Waals surface area (Å²) in [5.41, 5.74) is 3.51. The molecule has 1 aromatic carbocycles. The first-order valence-corrected chi connectivity index (χ1v) is 8.16. The van der Waals surface area contributed by atoms with E-state index in [0.717, 1.165) is 23.3 Å². The zero-order chi connectivity index (χ0) is 16.9. The number of carbonyl (C=O) groups is 1. The number of benzene rings is 1. The lowest BCUT2D eigenvalue weighted by atomic mass is 10.0. The van der Waals surface area contributed by atoms with Crippen LogP contribution in [0.5, 0.6) is 0 Å². The quantitative estimate of drug-likeness (QED) is 0.709. The number of nitrogens with zero attached hydrogens (tertiary/aromatic N) is 2. The number of amides is 1. The lowest BCUT2D eigenvalue weighted by molar-refractivity contribution is -0.124. The minimum absolute atomic E-state index is 0.0547. The van der Waals surface area contributed by atoms with E-state index in [2.05, 4.69) is 5.10 Å². The van der Waals surface area contributed by atoms with Gasteiger partial charge in [0.2, 0.25) is 0 Å². The average molecular weight is 341 g/mol. The van der Waals surface area contributed by atoms with E-state index in [0.29, 0.717) is 22.0 Å². The first-order valence-electron chi connectivity index (χ1n) is 7.40. The summed E-state index contributed by atoms with van der Waals surface area (Å²) in [6, 6.07) is 3.75. The summed E-state index contributed by atoms with van der Waals surface area (Å²) in [4.78, 5) is 11.8. The third-order valence-corrected chi connectivity index (χ3v) is 4.11. The van der Waals surface area contributed by atoms with E-state index in [-0.39, 0.29) is 5.91 Å². The number of carbonyl (C=O) groups excluding carboxylic acids is 1. The summed E-state index contributed by atoms with van der Waals surface area (Å²) in [6.07, 6.45) is 3.21. The fourth-order valence-corrected chi connectivity index (χ4v) is 2.69. The van der Waals surface area contributed by atoms with Gasteiger partial charge in [0.25, 0.3) is 5.91 Å². The fraction of sp³-hybridized carbons (Fsp3) is 0.412. The molecule has 1 aliphatic rings. The molecule has 0 radical (unpaired) electrons. The van der Waals surface area contributed by atoms with Crippen molar-refractivity contribution in [2.75, 3.05) is 7.05 Å². The summed E-state index contributed by atoms with van der Waals surface area (Å²) < 4.78 is 0. The van der Waals surface area contributed by atoms with E-state index >= 15 is 0 Å². The molecule has 0 fully saturated rings. The van der Waals surface area contributed by atoms with Gasteiger partial charge in [0, 0.05) is 17.1 Å². The zero-order valence-electron chi connectivity index (χ0n) is 13.7. The second-order valence-electron chi connectivity index (χ2n) is 4.77. The Bertz CT molecular complexity index is 621. The van der Waals surface area contributed by atoms with Crippen molar-refractivity contribution in [1.29, 1.82) is 0 Å². The number of halogens is 2. The Balaban J connectivity index is 0.00000116. The number of allylic oxidation sites excluding steroid dienone is 1. The number of rotatable bonds is 3. The molecule has 0 bridgehead atoms. The van der Waals surface area contributed by atoms with E-state index < -0.39 is 0 Å². The molecule has 1 amide bonds. The smallest absolute Gasteiger partial charge is 0.267 e. The van der Waals surface area contributed by atoms with Crippen LogP contribution in [0.4, 0.5) is 0 Å². The average Bonchev–Trinajstić information content (AvgIpc) is 2.78. The summed E-state index contributed by atoms with van der Waals surface area (Å²) in [5, 5.41) is 6.97. The van der Waals surface area contributed by atoms with Gasteiger partial charge in [0.15, 0.2) is 0 Å². The largest absolute Gasteiger partial charge is 0.275 e. The second-order valence-corrected chi connectivity index (χ2v) is 5.59. The summed E-state index contributed by atoms with van der Waals surface area (Å²) >= 11 is 12.2. The van der Waals surface area contributed by atoms with E-state index in [1.807, 2.05) is 33.8 Å². The van der Waals surface area contributed by atoms with Crippen LogP contribution in [-0.4, -0.2) is 23.7 Å². The predicted octanol–water partition coefficient (Wildman–Crippen LogP) is 5.03. The van der Waals surface area contributed by atoms with Crippen LogP contribution in [0.2, 0.25) is 10.0 Å². The van der Waals surface area contributed by atoms with Crippen molar-refractivity contribution in [3.8, 4) is 0 Å². The van der Waals surface area contributed by atoms with Crippen LogP contribution in [0.1, 0.15) is 38.3 Å². The Labute approximate surface area is 142 Å². The molecule has 1 aliphatic heterocycles. The third-order valence-electron chi connectivity index (χ3n) is 3.35. The molecule has 2 rings (SSSR count). The first kappa shape index (κ1) is 18.7. The predicted molar refractivity (Wildman–Crippen MR) is 94.8 cm³/mol. The van der Waals surface area contributed by atoms with Crippen molar-refractivity contribution in [2.45, 2.75) is 40.5 Å². The van der Waals surface area contributed by atoms with Crippen molar-refractivity contribution in [1.82, 2.24) is 5.01 Å². The SMILES string of the molecule is C/C=C1/C(=O)N(C)N=C1CCc1cc(C)c(Cl)cc1Cl.CC. The van der Waals surface area contributed by atoms with Gasteiger partial charge in [-0.25, -0.2) is 5.01 Å². The van der Waals surface area contributed by atoms with Crippen LogP contribution in [0.25, 0.3) is 0 Å². The maximum absolute atomic E-state index is 11.8. The van der Waals surface area contributed by atoms with E-state index in [4.69, 9.17) is 23.2 Å². The summed E-state index contributed by atoms with van der Waals surface area (Å²) in [7, 11) is 1.66. The molecule has 0 spiro atoms. The van der Waals surface area contributed by atoms with Gasteiger partial charge >= 0.3 is 0 Å². The molecule has 0 saturated carbocycles. The summed E-state index contributed by atoms with van der Waals surface area (Å²) in [6.45, 7) is 7.80. The lowest BCUT2D eigenvalue weighted by Crippen LogP contribution is -2.16. The highest BCUT2D eigenvalue weighted by Crippen LogP contribution is 2.27. The molecule has 0 saturated heterocycles. The maximum atomic E-state index is 11.8. The highest BCUT2D eigenvalue weighted by molar-refractivity contribution is 6.35. The van der Waals surface area contributed by atoms with Gasteiger partial charge in [-0.1, -0.05) is 49.2 Å². The molecule has 0 aromatic heterocycles. The normalized spacial score (nSPS) is 15.8. The van der Waals surface area contributed by atoms with Gasteiger partial charge in [0.1, 0.15) is 0 Å². The Morgan fingerprint density at radius 1 is 1.18 bits per heavy atom. The maximum Gasteiger partial charge on any atom is 0.275 e. The van der Waals surface area contributed by atoms with Crippen LogP contribution in [-0.2, 0) is 11.2 Å². The van der Waals surface area contributed by atoms with Crippen molar-refractivity contribution >= 4 is 34.8 Å². The molecule has 0 N–H and O–H groups in total. The summed E-state index contributed by atoms with van der Waals surface area (Å²) in [5.74, 6) is -0.0547. The molecular weight excluding hydrogens is 319 g/mol. The van der Waals surface area contributed by atoms with Gasteiger partial charge in [-0.15, -0.1) is 0 Å². The molecule has 0 unspecified atom stereocenters. The molecule has 1 heterocycles. The second kappa shape index (κ2) is 8.35. The van der Waals surface area contributed by atoms with Crippen molar-refractivity contribution in [3.05, 3.63) is 45.0 Å². The van der Waals surface area contributed by atoms with Crippen molar-refractivity contribution < 1.29 is 4.79 Å². The third kappa shape index (κ3) is 4.11. The van der Waals surface area contributed by atoms with Gasteiger partial charge in [-0.3, -0.25) is 4.79 Å². The number of hydrogen-bond acceptors (Lipinski definition) is 2. The fourth-order valence-electron chi connectivity index (χ4n) is 2.21. The number of hydrogen-bond donors (Lipinski definition) is 0.